The van der Waals surface area contributed by atoms with Gasteiger partial charge < -0.3 is 5.11 Å². The highest BCUT2D eigenvalue weighted by Crippen LogP contribution is 2.32. The monoisotopic (exact) mass is 306 g/mol. The lowest BCUT2D eigenvalue weighted by Gasteiger charge is -2.06. The molecule has 6 nitrogen and oxygen atoms in total. The number of thiophene rings is 1. The average Bonchev–Trinajstić information content (AvgIpc) is 3.03. The first-order chi connectivity index (χ1) is 10.0. The number of carboxylic acid groups (broad SMARTS) is 1. The second-order valence-corrected chi connectivity index (χ2v) is 5.80. The molecule has 8 heteroatoms. The molecule has 3 rings (SSSR count). The number of carboxylic acids is 1. The molecule has 0 radical (unpaired) electrons. The van der Waals surface area contributed by atoms with E-state index in [1.807, 2.05) is 6.07 Å². The molecule has 1 N–H and O–H groups in total. The smallest absolute Gasteiger partial charge is 0.308 e. The number of carbonyl (C=O) groups is 1. The third-order valence-corrected chi connectivity index (χ3v) is 4.20. The van der Waals surface area contributed by atoms with Gasteiger partial charge in [0.25, 0.3) is 0 Å². The summed E-state index contributed by atoms with van der Waals surface area (Å²) in [6, 6.07) is 6.41. The Kier molecular flexibility index (Phi) is 3.38. The van der Waals surface area contributed by atoms with Gasteiger partial charge in [-0.1, -0.05) is 13.0 Å². The van der Waals surface area contributed by atoms with Gasteiger partial charge in [0, 0.05) is 4.70 Å². The minimum atomic E-state index is -0.908. The van der Waals surface area contributed by atoms with Crippen LogP contribution in [0.2, 0.25) is 0 Å². The second-order valence-electron chi connectivity index (χ2n) is 4.72. The summed E-state index contributed by atoms with van der Waals surface area (Å²) in [5, 5.41) is 21.2. The van der Waals surface area contributed by atoms with Crippen molar-refractivity contribution in [1.82, 2.24) is 20.2 Å². The minimum Gasteiger partial charge on any atom is -0.481 e. The minimum absolute atomic E-state index is 0.181. The maximum absolute atomic E-state index is 13.2. The molecule has 2 heterocycles. The zero-order valence-corrected chi connectivity index (χ0v) is 11.8. The van der Waals surface area contributed by atoms with Gasteiger partial charge in [0.05, 0.1) is 17.3 Å². The van der Waals surface area contributed by atoms with E-state index in [1.54, 1.807) is 13.0 Å². The predicted octanol–water partition coefficient (Wildman–Crippen LogP) is 2.41. The Morgan fingerprint density at radius 3 is 3.05 bits per heavy atom. The number of hydrogen-bond donors (Lipinski definition) is 1. The quantitative estimate of drug-likeness (QED) is 0.800. The van der Waals surface area contributed by atoms with E-state index >= 15 is 0 Å². The van der Waals surface area contributed by atoms with Crippen molar-refractivity contribution >= 4 is 27.4 Å². The van der Waals surface area contributed by atoms with E-state index in [9.17, 15) is 9.18 Å². The Bertz CT molecular complexity index is 813. The molecule has 0 fully saturated rings. The van der Waals surface area contributed by atoms with Gasteiger partial charge in [-0.05, 0) is 34.0 Å². The SMILES string of the molecule is CC(Cn1nnnc1-c1cc2ccc(F)cc2s1)C(=O)O. The van der Waals surface area contributed by atoms with Crippen LogP contribution in [0.4, 0.5) is 4.39 Å². The molecule has 1 unspecified atom stereocenters. The van der Waals surface area contributed by atoms with Crippen molar-refractivity contribution in [3.63, 3.8) is 0 Å². The molecule has 108 valence electrons. The van der Waals surface area contributed by atoms with Crippen molar-refractivity contribution in [3.8, 4) is 10.7 Å². The van der Waals surface area contributed by atoms with Crippen LogP contribution in [0.3, 0.4) is 0 Å². The number of tetrazole rings is 1. The van der Waals surface area contributed by atoms with Gasteiger partial charge in [-0.2, -0.15) is 0 Å². The normalized spacial score (nSPS) is 12.7. The first-order valence-corrected chi connectivity index (χ1v) is 7.04. The molecular weight excluding hydrogens is 295 g/mol. The van der Waals surface area contributed by atoms with Crippen LogP contribution in [0.15, 0.2) is 24.3 Å². The maximum Gasteiger partial charge on any atom is 0.308 e. The topological polar surface area (TPSA) is 80.9 Å². The van der Waals surface area contributed by atoms with Crippen molar-refractivity contribution < 1.29 is 14.3 Å². The highest BCUT2D eigenvalue weighted by Gasteiger charge is 2.18. The van der Waals surface area contributed by atoms with E-state index in [-0.39, 0.29) is 12.4 Å². The first-order valence-electron chi connectivity index (χ1n) is 6.23. The van der Waals surface area contributed by atoms with Crippen LogP contribution in [0, 0.1) is 11.7 Å². The standard InChI is InChI=1S/C13H11FN4O2S/c1-7(13(19)20)6-18-12(15-16-17-18)11-4-8-2-3-9(14)5-10(8)21-11/h2-5,7H,6H2,1H3,(H,19,20). The van der Waals surface area contributed by atoms with Gasteiger partial charge in [-0.15, -0.1) is 16.4 Å². The third kappa shape index (κ3) is 2.62. The zero-order chi connectivity index (χ0) is 15.0. The van der Waals surface area contributed by atoms with Gasteiger partial charge in [-0.25, -0.2) is 9.07 Å². The molecule has 21 heavy (non-hydrogen) atoms. The molecule has 1 aromatic carbocycles. The summed E-state index contributed by atoms with van der Waals surface area (Å²) >= 11 is 1.37. The molecule has 2 aromatic heterocycles. The fourth-order valence-electron chi connectivity index (χ4n) is 1.96. The Labute approximate surface area is 122 Å². The Hall–Kier alpha value is -2.35. The van der Waals surface area contributed by atoms with Crippen LogP contribution >= 0.6 is 11.3 Å². The van der Waals surface area contributed by atoms with Crippen molar-refractivity contribution in [2.24, 2.45) is 5.92 Å². The van der Waals surface area contributed by atoms with Gasteiger partial charge in [0.2, 0.25) is 0 Å². The predicted molar refractivity (Wildman–Crippen MR) is 75.4 cm³/mol. The first kappa shape index (κ1) is 13.6. The van der Waals surface area contributed by atoms with Gasteiger partial charge in [0.1, 0.15) is 5.82 Å². The van der Waals surface area contributed by atoms with Crippen molar-refractivity contribution in [2.75, 3.05) is 0 Å². The number of nitrogens with zero attached hydrogens (tertiary/aromatic N) is 4. The van der Waals surface area contributed by atoms with E-state index in [1.165, 1.54) is 28.2 Å². The molecule has 0 saturated heterocycles. The molecule has 0 aliphatic carbocycles. The van der Waals surface area contributed by atoms with E-state index in [0.717, 1.165) is 15.0 Å². The van der Waals surface area contributed by atoms with Crippen molar-refractivity contribution in [3.05, 3.63) is 30.1 Å². The largest absolute Gasteiger partial charge is 0.481 e. The van der Waals surface area contributed by atoms with Gasteiger partial charge >= 0.3 is 5.97 Å². The number of rotatable bonds is 4. The molecule has 0 spiro atoms. The van der Waals surface area contributed by atoms with Crippen LogP contribution in [0.1, 0.15) is 6.92 Å². The number of halogens is 1. The molecular formula is C13H11FN4O2S. The highest BCUT2D eigenvalue weighted by molar-refractivity contribution is 7.22. The Morgan fingerprint density at radius 2 is 2.29 bits per heavy atom. The van der Waals surface area contributed by atoms with Gasteiger partial charge in [-0.3, -0.25) is 4.79 Å². The number of aliphatic carboxylic acids is 1. The van der Waals surface area contributed by atoms with Crippen LogP contribution in [-0.2, 0) is 11.3 Å². The van der Waals surface area contributed by atoms with E-state index in [0.29, 0.717) is 5.82 Å². The van der Waals surface area contributed by atoms with Crippen molar-refractivity contribution in [2.45, 2.75) is 13.5 Å². The van der Waals surface area contributed by atoms with Crippen LogP contribution in [0.25, 0.3) is 20.8 Å². The summed E-state index contributed by atoms with van der Waals surface area (Å²) in [6.07, 6.45) is 0. The number of aromatic nitrogens is 4. The summed E-state index contributed by atoms with van der Waals surface area (Å²) in [4.78, 5) is 11.7. The molecule has 0 saturated carbocycles. The van der Waals surface area contributed by atoms with E-state index in [2.05, 4.69) is 15.5 Å². The highest BCUT2D eigenvalue weighted by atomic mass is 32.1. The van der Waals surface area contributed by atoms with Crippen LogP contribution in [-0.4, -0.2) is 31.3 Å². The second kappa shape index (κ2) is 5.21. The Morgan fingerprint density at radius 1 is 1.48 bits per heavy atom. The average molecular weight is 306 g/mol. The number of fused-ring (bicyclic) bond motifs is 1. The molecule has 0 amide bonds. The molecule has 0 aliphatic rings. The Balaban J connectivity index is 1.99. The van der Waals surface area contributed by atoms with Crippen LogP contribution < -0.4 is 0 Å². The van der Waals surface area contributed by atoms with Gasteiger partial charge in [0.15, 0.2) is 5.82 Å². The summed E-state index contributed by atoms with van der Waals surface area (Å²) in [5.41, 5.74) is 0. The summed E-state index contributed by atoms with van der Waals surface area (Å²) in [7, 11) is 0. The summed E-state index contributed by atoms with van der Waals surface area (Å²) in [6.45, 7) is 1.77. The summed E-state index contributed by atoms with van der Waals surface area (Å²) in [5.74, 6) is -1.31. The molecule has 0 bridgehead atoms. The number of benzene rings is 1. The van der Waals surface area contributed by atoms with E-state index in [4.69, 9.17) is 5.11 Å². The fourth-order valence-corrected chi connectivity index (χ4v) is 3.03. The maximum atomic E-state index is 13.2. The lowest BCUT2D eigenvalue weighted by Crippen LogP contribution is -2.18. The molecule has 3 aromatic rings. The van der Waals surface area contributed by atoms with Crippen LogP contribution in [0.5, 0.6) is 0 Å². The molecule has 0 aliphatic heterocycles. The zero-order valence-electron chi connectivity index (χ0n) is 11.0. The lowest BCUT2D eigenvalue weighted by atomic mass is 10.2. The van der Waals surface area contributed by atoms with Crippen molar-refractivity contribution in [1.29, 1.82) is 0 Å². The fraction of sp³-hybridized carbons (Fsp3) is 0.231. The number of hydrogen-bond acceptors (Lipinski definition) is 5. The summed E-state index contributed by atoms with van der Waals surface area (Å²) < 4.78 is 15.5. The lowest BCUT2D eigenvalue weighted by molar-refractivity contribution is -0.141. The van der Waals surface area contributed by atoms with E-state index < -0.39 is 11.9 Å². The third-order valence-electron chi connectivity index (χ3n) is 3.10. The molecule has 1 atom stereocenters.